The van der Waals surface area contributed by atoms with Crippen molar-refractivity contribution in [3.05, 3.63) is 57.3 Å². The van der Waals surface area contributed by atoms with Crippen LogP contribution in [-0.4, -0.2) is 0 Å². The van der Waals surface area contributed by atoms with E-state index >= 15 is 0 Å². The van der Waals surface area contributed by atoms with Crippen LogP contribution >= 0.6 is 11.3 Å². The Morgan fingerprint density at radius 1 is 1.22 bits per heavy atom. The van der Waals surface area contributed by atoms with Gasteiger partial charge in [0.25, 0.3) is 0 Å². The minimum atomic E-state index is -0.543. The summed E-state index contributed by atoms with van der Waals surface area (Å²) in [5.41, 5.74) is 0.483. The van der Waals surface area contributed by atoms with E-state index in [0.29, 0.717) is 12.1 Å². The van der Waals surface area contributed by atoms with Crippen LogP contribution in [0, 0.1) is 18.6 Å². The molecule has 0 aliphatic carbocycles. The Kier molecular flexibility index (Phi) is 4.09. The average molecular weight is 267 g/mol. The third kappa shape index (κ3) is 3.15. The minimum absolute atomic E-state index is 0.160. The molecule has 1 heterocycles. The fourth-order valence-corrected chi connectivity index (χ4v) is 2.62. The molecule has 1 atom stereocenters. The standard InChI is InChI=1S/C14H15F2NS/c1-9-3-6-14(18-9)10(2)17-8-11-4-5-12(15)7-13(11)16/h3-7,10,17H,8H2,1-2H3. The van der Waals surface area contributed by atoms with Crippen LogP contribution in [0.1, 0.15) is 28.3 Å². The second-order valence-corrected chi connectivity index (χ2v) is 5.61. The summed E-state index contributed by atoms with van der Waals surface area (Å²) in [4.78, 5) is 2.47. The highest BCUT2D eigenvalue weighted by Crippen LogP contribution is 2.22. The molecular formula is C14H15F2NS. The van der Waals surface area contributed by atoms with Gasteiger partial charge in [0.2, 0.25) is 0 Å². The van der Waals surface area contributed by atoms with Crippen LogP contribution < -0.4 is 5.32 Å². The molecule has 0 amide bonds. The van der Waals surface area contributed by atoms with Gasteiger partial charge in [0.15, 0.2) is 0 Å². The van der Waals surface area contributed by atoms with Crippen LogP contribution in [-0.2, 0) is 6.54 Å². The molecule has 18 heavy (non-hydrogen) atoms. The summed E-state index contributed by atoms with van der Waals surface area (Å²) >= 11 is 1.72. The molecule has 2 aromatic rings. The van der Waals surface area contributed by atoms with Gasteiger partial charge < -0.3 is 5.32 Å². The molecular weight excluding hydrogens is 252 g/mol. The van der Waals surface area contributed by atoms with Crippen molar-refractivity contribution in [3.8, 4) is 0 Å². The van der Waals surface area contributed by atoms with Crippen LogP contribution in [0.2, 0.25) is 0 Å². The highest BCUT2D eigenvalue weighted by molar-refractivity contribution is 7.12. The number of rotatable bonds is 4. The van der Waals surface area contributed by atoms with E-state index in [4.69, 9.17) is 0 Å². The minimum Gasteiger partial charge on any atom is -0.305 e. The zero-order valence-corrected chi connectivity index (χ0v) is 11.2. The molecule has 1 aromatic carbocycles. The third-order valence-electron chi connectivity index (χ3n) is 2.80. The second kappa shape index (κ2) is 5.59. The van der Waals surface area contributed by atoms with E-state index in [0.717, 1.165) is 6.07 Å². The lowest BCUT2D eigenvalue weighted by Gasteiger charge is -2.12. The number of hydrogen-bond acceptors (Lipinski definition) is 2. The molecule has 0 radical (unpaired) electrons. The molecule has 1 aromatic heterocycles. The van der Waals surface area contributed by atoms with Crippen molar-refractivity contribution in [2.45, 2.75) is 26.4 Å². The van der Waals surface area contributed by atoms with Crippen molar-refractivity contribution in [2.24, 2.45) is 0 Å². The van der Waals surface area contributed by atoms with Crippen molar-refractivity contribution in [1.29, 1.82) is 0 Å². The Balaban J connectivity index is 1.99. The van der Waals surface area contributed by atoms with Gasteiger partial charge in [-0.2, -0.15) is 0 Å². The normalized spacial score (nSPS) is 12.7. The van der Waals surface area contributed by atoms with E-state index in [-0.39, 0.29) is 6.04 Å². The van der Waals surface area contributed by atoms with Crippen molar-refractivity contribution in [2.75, 3.05) is 0 Å². The maximum Gasteiger partial charge on any atom is 0.130 e. The maximum absolute atomic E-state index is 13.4. The summed E-state index contributed by atoms with van der Waals surface area (Å²) in [7, 11) is 0. The maximum atomic E-state index is 13.4. The number of hydrogen-bond donors (Lipinski definition) is 1. The van der Waals surface area contributed by atoms with Gasteiger partial charge in [0, 0.05) is 34.0 Å². The fraction of sp³-hybridized carbons (Fsp3) is 0.286. The van der Waals surface area contributed by atoms with E-state index in [9.17, 15) is 8.78 Å². The molecule has 1 unspecified atom stereocenters. The Labute approximate surface area is 109 Å². The van der Waals surface area contributed by atoms with Crippen molar-refractivity contribution < 1.29 is 8.78 Å². The molecule has 0 aliphatic rings. The van der Waals surface area contributed by atoms with E-state index in [1.54, 1.807) is 11.3 Å². The highest BCUT2D eigenvalue weighted by atomic mass is 32.1. The van der Waals surface area contributed by atoms with Crippen LogP contribution in [0.5, 0.6) is 0 Å². The predicted octanol–water partition coefficient (Wildman–Crippen LogP) is 4.19. The van der Waals surface area contributed by atoms with Crippen LogP contribution in [0.4, 0.5) is 8.78 Å². The van der Waals surface area contributed by atoms with Crippen molar-refractivity contribution >= 4 is 11.3 Å². The SMILES string of the molecule is Cc1ccc(C(C)NCc2ccc(F)cc2F)s1. The van der Waals surface area contributed by atoms with Gasteiger partial charge in [0.05, 0.1) is 0 Å². The molecule has 0 fully saturated rings. The first-order chi connectivity index (χ1) is 8.56. The molecule has 0 saturated heterocycles. The summed E-state index contributed by atoms with van der Waals surface area (Å²) in [6.45, 7) is 4.48. The monoisotopic (exact) mass is 267 g/mol. The van der Waals surface area contributed by atoms with Gasteiger partial charge in [-0.25, -0.2) is 8.78 Å². The Morgan fingerprint density at radius 2 is 2.00 bits per heavy atom. The number of thiophene rings is 1. The summed E-state index contributed by atoms with van der Waals surface area (Å²) in [6, 6.07) is 7.96. The number of nitrogens with one attached hydrogen (secondary N) is 1. The van der Waals surface area contributed by atoms with Gasteiger partial charge in [-0.05, 0) is 32.0 Å². The fourth-order valence-electron chi connectivity index (χ4n) is 1.71. The van der Waals surface area contributed by atoms with E-state index < -0.39 is 11.6 Å². The Bertz CT molecular complexity index is 536. The average Bonchev–Trinajstić information content (AvgIpc) is 2.74. The molecule has 0 spiro atoms. The van der Waals surface area contributed by atoms with Crippen LogP contribution in [0.25, 0.3) is 0 Å². The molecule has 1 N–H and O–H groups in total. The topological polar surface area (TPSA) is 12.0 Å². The largest absolute Gasteiger partial charge is 0.305 e. The molecule has 1 nitrogen and oxygen atoms in total. The molecule has 4 heteroatoms. The molecule has 2 rings (SSSR count). The summed E-state index contributed by atoms with van der Waals surface area (Å²) in [5.74, 6) is -1.05. The van der Waals surface area contributed by atoms with E-state index in [1.807, 2.05) is 6.92 Å². The Morgan fingerprint density at radius 3 is 2.61 bits per heavy atom. The zero-order chi connectivity index (χ0) is 13.1. The number of benzene rings is 1. The first-order valence-electron chi connectivity index (χ1n) is 5.80. The predicted molar refractivity (Wildman–Crippen MR) is 70.7 cm³/mol. The van der Waals surface area contributed by atoms with Crippen molar-refractivity contribution in [3.63, 3.8) is 0 Å². The molecule has 0 bridgehead atoms. The third-order valence-corrected chi connectivity index (χ3v) is 3.99. The molecule has 0 saturated carbocycles. The summed E-state index contributed by atoms with van der Waals surface area (Å²) in [5, 5.41) is 3.24. The number of aryl methyl sites for hydroxylation is 1. The Hall–Kier alpha value is -1.26. The quantitative estimate of drug-likeness (QED) is 0.876. The second-order valence-electron chi connectivity index (χ2n) is 4.29. The van der Waals surface area contributed by atoms with Gasteiger partial charge in [0.1, 0.15) is 11.6 Å². The van der Waals surface area contributed by atoms with E-state index in [2.05, 4.69) is 24.4 Å². The first-order valence-corrected chi connectivity index (χ1v) is 6.61. The van der Waals surface area contributed by atoms with Crippen molar-refractivity contribution in [1.82, 2.24) is 5.32 Å². The van der Waals surface area contributed by atoms with Gasteiger partial charge in [-0.15, -0.1) is 11.3 Å². The lowest BCUT2D eigenvalue weighted by atomic mass is 10.2. The summed E-state index contributed by atoms with van der Waals surface area (Å²) in [6.07, 6.45) is 0. The zero-order valence-electron chi connectivity index (χ0n) is 10.3. The molecule has 0 aliphatic heterocycles. The molecule has 96 valence electrons. The van der Waals surface area contributed by atoms with Gasteiger partial charge >= 0.3 is 0 Å². The lowest BCUT2D eigenvalue weighted by molar-refractivity contribution is 0.537. The van der Waals surface area contributed by atoms with E-state index in [1.165, 1.54) is 21.9 Å². The smallest absolute Gasteiger partial charge is 0.130 e. The van der Waals surface area contributed by atoms with Gasteiger partial charge in [-0.1, -0.05) is 6.07 Å². The van der Waals surface area contributed by atoms with Gasteiger partial charge in [-0.3, -0.25) is 0 Å². The highest BCUT2D eigenvalue weighted by Gasteiger charge is 2.09. The lowest BCUT2D eigenvalue weighted by Crippen LogP contribution is -2.17. The van der Waals surface area contributed by atoms with Crippen LogP contribution in [0.3, 0.4) is 0 Å². The first kappa shape index (κ1) is 13.2. The van der Waals surface area contributed by atoms with Crippen LogP contribution in [0.15, 0.2) is 30.3 Å². The number of halogens is 2. The summed E-state index contributed by atoms with van der Waals surface area (Å²) < 4.78 is 26.2.